The second-order valence-corrected chi connectivity index (χ2v) is 2.24. The summed E-state index contributed by atoms with van der Waals surface area (Å²) >= 11 is 0. The van der Waals surface area contributed by atoms with Crippen LogP contribution in [0.2, 0.25) is 0 Å². The molecule has 4 heteroatoms. The fraction of sp³-hybridized carbons (Fsp3) is 0.500. The minimum atomic E-state index is -0.130. The van der Waals surface area contributed by atoms with Crippen LogP contribution in [0.25, 0.3) is 0 Å². The van der Waals surface area contributed by atoms with Crippen molar-refractivity contribution in [2.45, 2.75) is 34.6 Å². The maximum atomic E-state index is 11.3. The summed E-state index contributed by atoms with van der Waals surface area (Å²) in [6, 6.07) is 3.44. The Labute approximate surface area is 98.4 Å². The molecule has 0 unspecified atom stereocenters. The third-order valence-electron chi connectivity index (χ3n) is 1.45. The molecule has 0 saturated carbocycles. The molecule has 0 bridgehead atoms. The Bertz CT molecular complexity index is 292. The van der Waals surface area contributed by atoms with Gasteiger partial charge in [-0.25, -0.2) is 4.68 Å². The van der Waals surface area contributed by atoms with Crippen LogP contribution in [0.3, 0.4) is 0 Å². The van der Waals surface area contributed by atoms with Crippen molar-refractivity contribution in [3.05, 3.63) is 24.0 Å². The summed E-state index contributed by atoms with van der Waals surface area (Å²) < 4.78 is 1.44. The van der Waals surface area contributed by atoms with E-state index in [9.17, 15) is 4.79 Å². The summed E-state index contributed by atoms with van der Waals surface area (Å²) in [5, 5.41) is 6.31. The summed E-state index contributed by atoms with van der Waals surface area (Å²) in [5.74, 6) is -0.130. The number of hydrogen-bond acceptors (Lipinski definition) is 2. The van der Waals surface area contributed by atoms with Crippen molar-refractivity contribution >= 4 is 12.6 Å². The standard InChI is InChI=1S/C8H11N3O.2C2H6/c1-3-10-8(12)7-5-4-6-11(7)9-2;2*1-2/h4-6H,2-3H2,1H3,(H,10,12);2*1-2H3. The molecule has 92 valence electrons. The molecule has 0 fully saturated rings. The normalized spacial score (nSPS) is 7.81. The van der Waals surface area contributed by atoms with Crippen molar-refractivity contribution in [1.82, 2.24) is 9.99 Å². The van der Waals surface area contributed by atoms with E-state index in [1.165, 1.54) is 4.68 Å². The lowest BCUT2D eigenvalue weighted by Gasteiger charge is -2.01. The monoisotopic (exact) mass is 225 g/mol. The van der Waals surface area contributed by atoms with Gasteiger partial charge in [-0.15, -0.1) is 0 Å². The number of aromatic nitrogens is 1. The SMILES string of the molecule is C=Nn1cccc1C(=O)NCC.CC.CC. The van der Waals surface area contributed by atoms with E-state index in [-0.39, 0.29) is 5.91 Å². The molecule has 1 amide bonds. The smallest absolute Gasteiger partial charge is 0.269 e. The Morgan fingerprint density at radius 2 is 2.00 bits per heavy atom. The van der Waals surface area contributed by atoms with Crippen LogP contribution in [0.4, 0.5) is 0 Å². The largest absolute Gasteiger partial charge is 0.351 e. The number of hydrogen-bond donors (Lipinski definition) is 1. The predicted molar refractivity (Wildman–Crippen MR) is 70.1 cm³/mol. The molecule has 16 heavy (non-hydrogen) atoms. The van der Waals surface area contributed by atoms with E-state index in [2.05, 4.69) is 17.1 Å². The van der Waals surface area contributed by atoms with Crippen LogP contribution in [-0.4, -0.2) is 23.8 Å². The Morgan fingerprint density at radius 1 is 1.44 bits per heavy atom. The lowest BCUT2D eigenvalue weighted by atomic mass is 10.4. The minimum absolute atomic E-state index is 0.130. The molecule has 0 spiro atoms. The van der Waals surface area contributed by atoms with Gasteiger partial charge in [0, 0.05) is 19.5 Å². The average Bonchev–Trinajstić information content (AvgIpc) is 2.82. The maximum Gasteiger partial charge on any atom is 0.269 e. The number of nitrogens with one attached hydrogen (secondary N) is 1. The first-order valence-electron chi connectivity index (χ1n) is 5.72. The van der Waals surface area contributed by atoms with Crippen molar-refractivity contribution in [1.29, 1.82) is 0 Å². The molecule has 4 nitrogen and oxygen atoms in total. The van der Waals surface area contributed by atoms with Gasteiger partial charge in [-0.1, -0.05) is 27.7 Å². The maximum absolute atomic E-state index is 11.3. The van der Waals surface area contributed by atoms with Crippen molar-refractivity contribution in [2.24, 2.45) is 5.10 Å². The molecule has 0 aromatic carbocycles. The second kappa shape index (κ2) is 11.5. The summed E-state index contributed by atoms with van der Waals surface area (Å²) in [6.07, 6.45) is 1.68. The zero-order valence-electron chi connectivity index (χ0n) is 10.9. The average molecular weight is 225 g/mol. The van der Waals surface area contributed by atoms with Crippen LogP contribution in [-0.2, 0) is 0 Å². The van der Waals surface area contributed by atoms with Crippen molar-refractivity contribution in [3.63, 3.8) is 0 Å². The molecule has 1 rings (SSSR count). The molecule has 1 aromatic rings. The van der Waals surface area contributed by atoms with Gasteiger partial charge in [0.15, 0.2) is 0 Å². The molecule has 0 aliphatic carbocycles. The Balaban J connectivity index is 0. The first-order valence-corrected chi connectivity index (χ1v) is 5.72. The van der Waals surface area contributed by atoms with Crippen molar-refractivity contribution in [2.75, 3.05) is 6.54 Å². The van der Waals surface area contributed by atoms with Gasteiger partial charge in [0.2, 0.25) is 0 Å². The van der Waals surface area contributed by atoms with Crippen LogP contribution in [0, 0.1) is 0 Å². The van der Waals surface area contributed by atoms with Gasteiger partial charge in [-0.2, -0.15) is 5.10 Å². The van der Waals surface area contributed by atoms with Crippen LogP contribution < -0.4 is 5.32 Å². The third kappa shape index (κ3) is 5.34. The van der Waals surface area contributed by atoms with E-state index in [0.29, 0.717) is 12.2 Å². The van der Waals surface area contributed by atoms with Crippen LogP contribution in [0.1, 0.15) is 45.1 Å². The van der Waals surface area contributed by atoms with Crippen molar-refractivity contribution in [3.8, 4) is 0 Å². The lowest BCUT2D eigenvalue weighted by Crippen LogP contribution is -2.24. The van der Waals surface area contributed by atoms with Gasteiger partial charge in [0.25, 0.3) is 5.91 Å². The first kappa shape index (κ1) is 16.8. The molecule has 1 heterocycles. The Hall–Kier alpha value is -1.58. The topological polar surface area (TPSA) is 46.4 Å². The van der Waals surface area contributed by atoms with Gasteiger partial charge in [-0.05, 0) is 19.1 Å². The molecule has 0 radical (unpaired) electrons. The highest BCUT2D eigenvalue weighted by molar-refractivity contribution is 5.92. The number of rotatable bonds is 3. The molecule has 1 aromatic heterocycles. The van der Waals surface area contributed by atoms with E-state index in [1.807, 2.05) is 34.6 Å². The van der Waals surface area contributed by atoms with Crippen molar-refractivity contribution < 1.29 is 4.79 Å². The molecular formula is C12H23N3O. The fourth-order valence-corrected chi connectivity index (χ4v) is 0.927. The van der Waals surface area contributed by atoms with Gasteiger partial charge < -0.3 is 5.32 Å². The minimum Gasteiger partial charge on any atom is -0.351 e. The summed E-state index contributed by atoms with van der Waals surface area (Å²) in [5.41, 5.74) is 0.506. The zero-order chi connectivity index (χ0) is 13.0. The highest BCUT2D eigenvalue weighted by Crippen LogP contribution is 2.00. The number of nitrogens with zero attached hydrogens (tertiary/aromatic N) is 2. The van der Waals surface area contributed by atoms with Crippen LogP contribution in [0.15, 0.2) is 23.4 Å². The zero-order valence-corrected chi connectivity index (χ0v) is 10.9. The highest BCUT2D eigenvalue weighted by atomic mass is 16.2. The molecule has 0 atom stereocenters. The molecule has 0 aliphatic heterocycles. The number of carbonyl (C=O) groups is 1. The van der Waals surface area contributed by atoms with Crippen LogP contribution in [0.5, 0.6) is 0 Å². The Morgan fingerprint density at radius 3 is 2.44 bits per heavy atom. The van der Waals surface area contributed by atoms with Gasteiger partial charge in [0.1, 0.15) is 5.69 Å². The predicted octanol–water partition coefficient (Wildman–Crippen LogP) is 2.75. The Kier molecular flexibility index (Phi) is 12.1. The summed E-state index contributed by atoms with van der Waals surface area (Å²) in [6.45, 7) is 13.8. The van der Waals surface area contributed by atoms with E-state index in [0.717, 1.165) is 0 Å². The van der Waals surface area contributed by atoms with E-state index in [4.69, 9.17) is 0 Å². The molecule has 0 aliphatic rings. The molecular weight excluding hydrogens is 202 g/mol. The summed E-state index contributed by atoms with van der Waals surface area (Å²) in [4.78, 5) is 11.3. The molecule has 1 N–H and O–H groups in total. The first-order chi connectivity index (χ1) is 7.79. The van der Waals surface area contributed by atoms with E-state index >= 15 is 0 Å². The van der Waals surface area contributed by atoms with E-state index in [1.54, 1.807) is 18.3 Å². The highest BCUT2D eigenvalue weighted by Gasteiger charge is 2.07. The van der Waals surface area contributed by atoms with Crippen LogP contribution >= 0.6 is 0 Å². The van der Waals surface area contributed by atoms with Gasteiger partial charge >= 0.3 is 0 Å². The second-order valence-electron chi connectivity index (χ2n) is 2.24. The number of carbonyl (C=O) groups excluding carboxylic acids is 1. The molecule has 0 saturated heterocycles. The number of amides is 1. The summed E-state index contributed by atoms with van der Waals surface area (Å²) in [7, 11) is 0. The van der Waals surface area contributed by atoms with E-state index < -0.39 is 0 Å². The fourth-order valence-electron chi connectivity index (χ4n) is 0.927. The van der Waals surface area contributed by atoms with Gasteiger partial charge in [-0.3, -0.25) is 4.79 Å². The quantitative estimate of drug-likeness (QED) is 0.790. The van der Waals surface area contributed by atoms with Gasteiger partial charge in [0.05, 0.1) is 0 Å². The third-order valence-corrected chi connectivity index (χ3v) is 1.45. The lowest BCUT2D eigenvalue weighted by molar-refractivity contribution is 0.0947.